The molecule has 0 atom stereocenters. The predicted molar refractivity (Wildman–Crippen MR) is 282 cm³/mol. The summed E-state index contributed by atoms with van der Waals surface area (Å²) >= 11 is 0. The van der Waals surface area contributed by atoms with Crippen LogP contribution < -0.4 is 0 Å². The van der Waals surface area contributed by atoms with Gasteiger partial charge in [-0.25, -0.2) is 0 Å². The number of para-hydroxylation sites is 4. The van der Waals surface area contributed by atoms with Crippen LogP contribution in [0.25, 0.3) is 43.6 Å². The summed E-state index contributed by atoms with van der Waals surface area (Å²) in [6.07, 6.45) is 0. The third-order valence-electron chi connectivity index (χ3n) is 9.69. The molecule has 0 aliphatic rings. The van der Waals surface area contributed by atoms with Crippen LogP contribution in [0.4, 0.5) is 0 Å². The smallest absolute Gasteiger partial charge is 0.0491 e. The van der Waals surface area contributed by atoms with Crippen LogP contribution in [-0.4, -0.2) is 110 Å². The van der Waals surface area contributed by atoms with E-state index in [1.165, 1.54) is 43.6 Å². The molecule has 4 aromatic carbocycles. The Hall–Kier alpha value is -3.68. The molecule has 0 radical (unpaired) electrons. The van der Waals surface area contributed by atoms with Crippen LogP contribution in [0, 0.1) is 0 Å². The van der Waals surface area contributed by atoms with Gasteiger partial charge in [-0.3, -0.25) is 0 Å². The number of nitrogens with zero attached hydrogens (tertiary/aromatic N) is 6. The summed E-state index contributed by atoms with van der Waals surface area (Å²) < 4.78 is 4.61. The quantitative estimate of drug-likeness (QED) is 0.152. The second kappa shape index (κ2) is 42.0. The Labute approximate surface area is 373 Å². The summed E-state index contributed by atoms with van der Waals surface area (Å²) in [6.45, 7) is 42.4. The van der Waals surface area contributed by atoms with Crippen molar-refractivity contribution in [2.75, 3.05) is 81.1 Å². The van der Waals surface area contributed by atoms with Crippen LogP contribution >= 0.6 is 0 Å². The first-order valence-corrected chi connectivity index (χ1v) is 23.6. The third-order valence-corrected chi connectivity index (χ3v) is 9.69. The van der Waals surface area contributed by atoms with Crippen LogP contribution in [0.15, 0.2) is 97.1 Å². The van der Waals surface area contributed by atoms with E-state index in [2.05, 4.69) is 223 Å². The zero-order chi connectivity index (χ0) is 47.1. The van der Waals surface area contributed by atoms with Gasteiger partial charge in [0.2, 0.25) is 0 Å². The topological polar surface area (TPSA) is 22.8 Å². The number of fused-ring (bicyclic) bond motifs is 6. The van der Waals surface area contributed by atoms with E-state index in [0.29, 0.717) is 0 Å². The molecule has 60 heavy (non-hydrogen) atoms. The van der Waals surface area contributed by atoms with Crippen molar-refractivity contribution in [3.05, 3.63) is 97.1 Å². The van der Waals surface area contributed by atoms with Gasteiger partial charge in [-0.2, -0.15) is 0 Å². The van der Waals surface area contributed by atoms with E-state index in [-0.39, 0.29) is 0 Å². The standard InChI is InChI=1S/C14H13N.C13H11N.3C5H13N.C4H11N.4C2H6/c1-2-15-13-9-5-3-7-11(13)12-8-4-6-10-14(12)15;1-14-12-8-4-2-6-10(12)11-7-3-5-9-13(11)14;3*1-4-6(3)5-2;1-4-5(2)3;4*1-2/h3-10H,2H2,1H3;2-9H,1H3;3*4-5H2,1-3H3;4H2,1-3H3;4*1-2H3. The highest BCUT2D eigenvalue weighted by Gasteiger charge is 2.07. The van der Waals surface area contributed by atoms with Crippen molar-refractivity contribution < 1.29 is 0 Å². The predicted octanol–water partition coefficient (Wildman–Crippen LogP) is 14.7. The first kappa shape index (κ1) is 63.0. The summed E-state index contributed by atoms with van der Waals surface area (Å²) in [5.74, 6) is 0. The molecule has 344 valence electrons. The molecule has 6 nitrogen and oxygen atoms in total. The molecule has 0 aliphatic carbocycles. The average molecular weight is 831 g/mol. The lowest BCUT2D eigenvalue weighted by molar-refractivity contribution is 0.373. The molecule has 0 saturated carbocycles. The van der Waals surface area contributed by atoms with Crippen molar-refractivity contribution in [3.63, 3.8) is 0 Å². The maximum Gasteiger partial charge on any atom is 0.0491 e. The van der Waals surface area contributed by atoms with Crippen LogP contribution in [0.1, 0.15) is 111 Å². The van der Waals surface area contributed by atoms with Gasteiger partial charge in [-0.15, -0.1) is 0 Å². The van der Waals surface area contributed by atoms with Crippen molar-refractivity contribution in [2.24, 2.45) is 7.05 Å². The fraction of sp³-hybridized carbons (Fsp3) is 0.556. The molecule has 6 heteroatoms. The third kappa shape index (κ3) is 23.9. The van der Waals surface area contributed by atoms with Gasteiger partial charge in [0, 0.05) is 57.2 Å². The van der Waals surface area contributed by atoms with Gasteiger partial charge in [0.15, 0.2) is 0 Å². The number of hydrogen-bond acceptors (Lipinski definition) is 4. The Balaban J connectivity index is -0.000000321. The monoisotopic (exact) mass is 831 g/mol. The summed E-state index contributed by atoms with van der Waals surface area (Å²) in [4.78, 5) is 8.88. The number of aryl methyl sites for hydroxylation is 2. The van der Waals surface area contributed by atoms with E-state index in [0.717, 1.165) is 52.4 Å². The Morgan fingerprint density at radius 3 is 0.717 bits per heavy atom. The zero-order valence-electron chi connectivity index (χ0n) is 43.6. The fourth-order valence-electron chi connectivity index (χ4n) is 5.13. The van der Waals surface area contributed by atoms with Gasteiger partial charge in [0.05, 0.1) is 0 Å². The number of aromatic nitrogens is 2. The van der Waals surface area contributed by atoms with Gasteiger partial charge in [-0.05, 0) is 112 Å². The van der Waals surface area contributed by atoms with Crippen LogP contribution in [-0.2, 0) is 13.6 Å². The first-order chi connectivity index (χ1) is 29.0. The Bertz CT molecular complexity index is 1640. The Kier molecular flexibility index (Phi) is 44.1. The molecule has 0 N–H and O–H groups in total. The lowest BCUT2D eigenvalue weighted by atomic mass is 10.2. The number of rotatable bonds is 8. The molecule has 6 rings (SSSR count). The molecule has 0 saturated heterocycles. The molecule has 6 aromatic rings. The number of hydrogen-bond donors (Lipinski definition) is 0. The first-order valence-electron chi connectivity index (χ1n) is 23.6. The van der Waals surface area contributed by atoms with Gasteiger partial charge in [-0.1, -0.05) is 177 Å². The van der Waals surface area contributed by atoms with Crippen molar-refractivity contribution in [2.45, 2.75) is 117 Å². The lowest BCUT2D eigenvalue weighted by Crippen LogP contribution is -2.15. The van der Waals surface area contributed by atoms with Crippen molar-refractivity contribution >= 4 is 43.6 Å². The maximum absolute atomic E-state index is 2.37. The van der Waals surface area contributed by atoms with E-state index < -0.39 is 0 Å². The highest BCUT2D eigenvalue weighted by Crippen LogP contribution is 2.28. The normalized spacial score (nSPS) is 9.63. The van der Waals surface area contributed by atoms with E-state index >= 15 is 0 Å². The summed E-state index contributed by atoms with van der Waals surface area (Å²) in [6, 6.07) is 34.2. The lowest BCUT2D eigenvalue weighted by Gasteiger charge is -2.07. The Morgan fingerprint density at radius 2 is 0.533 bits per heavy atom. The molecule has 0 amide bonds. The molecule has 0 aliphatic heterocycles. The minimum Gasteiger partial charge on any atom is -0.344 e. The second-order valence-electron chi connectivity index (χ2n) is 13.2. The van der Waals surface area contributed by atoms with Crippen LogP contribution in [0.2, 0.25) is 0 Å². The van der Waals surface area contributed by atoms with Crippen LogP contribution in [0.3, 0.4) is 0 Å². The van der Waals surface area contributed by atoms with E-state index in [1.807, 2.05) is 55.4 Å². The molecular weight excluding hydrogens is 733 g/mol. The summed E-state index contributed by atoms with van der Waals surface area (Å²) in [5, 5.41) is 5.39. The van der Waals surface area contributed by atoms with Crippen molar-refractivity contribution in [1.29, 1.82) is 0 Å². The number of benzene rings is 4. The van der Waals surface area contributed by atoms with Gasteiger partial charge >= 0.3 is 0 Å². The molecular formula is C54H98N6. The summed E-state index contributed by atoms with van der Waals surface area (Å²) in [7, 11) is 12.6. The zero-order valence-corrected chi connectivity index (χ0v) is 43.6. The molecule has 2 aromatic heterocycles. The molecule has 0 bridgehead atoms. The van der Waals surface area contributed by atoms with Crippen molar-refractivity contribution in [1.82, 2.24) is 28.7 Å². The van der Waals surface area contributed by atoms with Gasteiger partial charge < -0.3 is 28.7 Å². The average Bonchev–Trinajstić information content (AvgIpc) is 3.82. The maximum atomic E-state index is 2.37. The highest BCUT2D eigenvalue weighted by atomic mass is 15.1. The molecule has 0 unspecified atom stereocenters. The SMILES string of the molecule is CC.CC.CC.CC.CCN(C)C.CCN(C)CC.CCN(C)CC.CCN(C)CC.CCn1c2ccccc2c2ccccc21.Cn1c2ccccc2c2ccccc21. The largest absolute Gasteiger partial charge is 0.344 e. The van der Waals surface area contributed by atoms with Crippen molar-refractivity contribution in [3.8, 4) is 0 Å². The molecule has 0 spiro atoms. The summed E-state index contributed by atoms with van der Waals surface area (Å²) in [5.41, 5.74) is 5.27. The van der Waals surface area contributed by atoms with E-state index in [1.54, 1.807) is 0 Å². The Morgan fingerprint density at radius 1 is 0.333 bits per heavy atom. The van der Waals surface area contributed by atoms with E-state index in [9.17, 15) is 0 Å². The highest BCUT2D eigenvalue weighted by molar-refractivity contribution is 6.08. The van der Waals surface area contributed by atoms with Gasteiger partial charge in [0.1, 0.15) is 0 Å². The fourth-order valence-corrected chi connectivity index (χ4v) is 5.13. The minimum absolute atomic E-state index is 1.02. The minimum atomic E-state index is 1.02. The molecule has 2 heterocycles. The van der Waals surface area contributed by atoms with Gasteiger partial charge in [0.25, 0.3) is 0 Å². The van der Waals surface area contributed by atoms with E-state index in [4.69, 9.17) is 0 Å². The molecule has 0 fully saturated rings. The second-order valence-corrected chi connectivity index (χ2v) is 13.2. The van der Waals surface area contributed by atoms with Crippen LogP contribution in [0.5, 0.6) is 0 Å².